The lowest BCUT2D eigenvalue weighted by Crippen LogP contribution is -2.40. The summed E-state index contributed by atoms with van der Waals surface area (Å²) in [5.74, 6) is 0.534. The lowest BCUT2D eigenvalue weighted by molar-refractivity contribution is -0.137. The number of ether oxygens (including phenoxy) is 3. The molecule has 1 atom stereocenters. The molecule has 0 spiro atoms. The summed E-state index contributed by atoms with van der Waals surface area (Å²) in [6.45, 7) is 3.26. The van der Waals surface area contributed by atoms with Crippen LogP contribution in [-0.4, -0.2) is 63.6 Å². The molecule has 0 bridgehead atoms. The largest absolute Gasteiger partial charge is 0.475 e. The topological polar surface area (TPSA) is 77.0 Å². The quantitative estimate of drug-likeness (QED) is 0.360. The van der Waals surface area contributed by atoms with E-state index in [0.29, 0.717) is 38.5 Å². The molecule has 1 saturated heterocycles. The number of hydrogen-bond donors (Lipinski definition) is 2. The fourth-order valence-corrected chi connectivity index (χ4v) is 2.62. The van der Waals surface area contributed by atoms with Crippen LogP contribution in [0.3, 0.4) is 0 Å². The molecule has 0 radical (unpaired) electrons. The van der Waals surface area contributed by atoms with E-state index in [-0.39, 0.29) is 23.6 Å². The minimum atomic E-state index is -4.50. The number of rotatable bonds is 9. The minimum absolute atomic E-state index is 0.0487. The van der Waals surface area contributed by atoms with Crippen molar-refractivity contribution < 1.29 is 27.4 Å². The molecule has 1 unspecified atom stereocenters. The molecule has 2 heterocycles. The lowest BCUT2D eigenvalue weighted by Gasteiger charge is -2.14. The van der Waals surface area contributed by atoms with Gasteiger partial charge in [-0.3, -0.25) is 4.99 Å². The summed E-state index contributed by atoms with van der Waals surface area (Å²) in [5.41, 5.74) is -0.919. The number of hydrogen-bond acceptors (Lipinski definition) is 5. The van der Waals surface area contributed by atoms with Crippen molar-refractivity contribution in [3.63, 3.8) is 0 Å². The van der Waals surface area contributed by atoms with Crippen LogP contribution in [0.2, 0.25) is 5.02 Å². The van der Waals surface area contributed by atoms with Crippen LogP contribution in [0, 0.1) is 0 Å². The van der Waals surface area contributed by atoms with Gasteiger partial charge in [0, 0.05) is 33.0 Å². The Morgan fingerprint density at radius 1 is 1.36 bits per heavy atom. The summed E-state index contributed by atoms with van der Waals surface area (Å²) in [6.07, 6.45) is -1.85. The molecule has 0 aliphatic carbocycles. The molecule has 1 aliphatic rings. The van der Waals surface area contributed by atoms with E-state index in [1.807, 2.05) is 0 Å². The zero-order chi connectivity index (χ0) is 20.4. The first kappa shape index (κ1) is 22.5. The van der Waals surface area contributed by atoms with Crippen molar-refractivity contribution in [3.05, 3.63) is 22.8 Å². The summed E-state index contributed by atoms with van der Waals surface area (Å²) >= 11 is 5.79. The summed E-state index contributed by atoms with van der Waals surface area (Å²) in [6, 6.07) is 0.789. The van der Waals surface area contributed by atoms with Crippen LogP contribution < -0.4 is 15.4 Å². The summed E-state index contributed by atoms with van der Waals surface area (Å²) in [7, 11) is 1.64. The maximum atomic E-state index is 12.6. The number of aromatic nitrogens is 1. The molecular formula is C17H24ClF3N4O3. The highest BCUT2D eigenvalue weighted by molar-refractivity contribution is 6.31. The Morgan fingerprint density at radius 3 is 2.79 bits per heavy atom. The van der Waals surface area contributed by atoms with Gasteiger partial charge in [-0.2, -0.15) is 13.2 Å². The molecule has 2 rings (SSSR count). The van der Waals surface area contributed by atoms with E-state index in [0.717, 1.165) is 25.5 Å². The molecular weight excluding hydrogens is 401 g/mol. The number of nitrogens with one attached hydrogen (secondary N) is 2. The third kappa shape index (κ3) is 7.69. The highest BCUT2D eigenvalue weighted by Crippen LogP contribution is 2.32. The van der Waals surface area contributed by atoms with Crippen LogP contribution >= 0.6 is 11.6 Å². The summed E-state index contributed by atoms with van der Waals surface area (Å²) < 4.78 is 54.0. The normalized spacial score (nSPS) is 17.6. The second-order valence-corrected chi connectivity index (χ2v) is 6.40. The van der Waals surface area contributed by atoms with Crippen molar-refractivity contribution in [1.29, 1.82) is 0 Å². The van der Waals surface area contributed by atoms with E-state index in [4.69, 9.17) is 25.8 Å². The number of guanidine groups is 1. The van der Waals surface area contributed by atoms with Gasteiger partial charge >= 0.3 is 6.18 Å². The first-order chi connectivity index (χ1) is 13.4. The molecule has 0 aromatic carbocycles. The Bertz CT molecular complexity index is 641. The average Bonchev–Trinajstić information content (AvgIpc) is 3.16. The number of aliphatic imine (C=N–C) groups is 1. The van der Waals surface area contributed by atoms with Gasteiger partial charge < -0.3 is 24.8 Å². The Hall–Kier alpha value is -1.78. The van der Waals surface area contributed by atoms with Gasteiger partial charge in [0.05, 0.1) is 24.8 Å². The van der Waals surface area contributed by atoms with Crippen molar-refractivity contribution in [3.8, 4) is 5.88 Å². The van der Waals surface area contributed by atoms with Crippen molar-refractivity contribution >= 4 is 17.6 Å². The van der Waals surface area contributed by atoms with E-state index < -0.39 is 11.7 Å². The van der Waals surface area contributed by atoms with Gasteiger partial charge in [0.1, 0.15) is 11.6 Å². The van der Waals surface area contributed by atoms with Gasteiger partial charge in [-0.1, -0.05) is 11.6 Å². The van der Waals surface area contributed by atoms with Crippen LogP contribution in [0.5, 0.6) is 5.88 Å². The molecule has 2 N–H and O–H groups in total. The molecule has 28 heavy (non-hydrogen) atoms. The molecule has 158 valence electrons. The second kappa shape index (κ2) is 11.3. The number of alkyl halides is 3. The Labute approximate surface area is 166 Å². The first-order valence-corrected chi connectivity index (χ1v) is 9.27. The maximum Gasteiger partial charge on any atom is 0.417 e. The standard InChI is InChI=1S/C17H24ClF3N4O3/c1-22-16(23-4-2-6-27-13-3-7-26-11-13)24-5-8-28-15-14(18)9-12(10-25-15)17(19,20)21/h9-10,13H,2-8,11H2,1H3,(H2,22,23,24). The van der Waals surface area contributed by atoms with Gasteiger partial charge in [0.25, 0.3) is 0 Å². The Kier molecular flexibility index (Phi) is 9.07. The average molecular weight is 425 g/mol. The van der Waals surface area contributed by atoms with Crippen LogP contribution in [0.15, 0.2) is 17.3 Å². The molecule has 1 fully saturated rings. The number of pyridine rings is 1. The van der Waals surface area contributed by atoms with Crippen LogP contribution in [0.25, 0.3) is 0 Å². The van der Waals surface area contributed by atoms with Crippen LogP contribution in [0.4, 0.5) is 13.2 Å². The minimum Gasteiger partial charge on any atom is -0.475 e. The van der Waals surface area contributed by atoms with Crippen molar-refractivity contribution in [2.75, 3.05) is 46.6 Å². The predicted molar refractivity (Wildman–Crippen MR) is 98.9 cm³/mol. The Balaban J connectivity index is 1.60. The molecule has 0 saturated carbocycles. The second-order valence-electron chi connectivity index (χ2n) is 5.99. The summed E-state index contributed by atoms with van der Waals surface area (Å²) in [4.78, 5) is 7.69. The third-order valence-electron chi connectivity index (χ3n) is 3.85. The predicted octanol–water partition coefficient (Wildman–Crippen LogP) is 2.49. The van der Waals surface area contributed by atoms with Crippen LogP contribution in [0.1, 0.15) is 18.4 Å². The molecule has 1 aromatic rings. The van der Waals surface area contributed by atoms with Gasteiger partial charge in [0.15, 0.2) is 5.96 Å². The molecule has 11 heteroatoms. The summed E-state index contributed by atoms with van der Waals surface area (Å²) in [5, 5.41) is 5.97. The zero-order valence-corrected chi connectivity index (χ0v) is 16.3. The lowest BCUT2D eigenvalue weighted by atomic mass is 10.3. The van der Waals surface area contributed by atoms with Crippen molar-refractivity contribution in [2.24, 2.45) is 4.99 Å². The maximum absolute atomic E-state index is 12.6. The molecule has 1 aliphatic heterocycles. The van der Waals surface area contributed by atoms with Gasteiger partial charge in [-0.15, -0.1) is 0 Å². The SMILES string of the molecule is CN=C(NCCCOC1CCOC1)NCCOc1ncc(C(F)(F)F)cc1Cl. The van der Waals surface area contributed by atoms with Gasteiger partial charge in [-0.25, -0.2) is 4.98 Å². The number of halogens is 4. The van der Waals surface area contributed by atoms with Crippen molar-refractivity contribution in [2.45, 2.75) is 25.1 Å². The van der Waals surface area contributed by atoms with Crippen LogP contribution in [-0.2, 0) is 15.7 Å². The zero-order valence-electron chi connectivity index (χ0n) is 15.5. The highest BCUT2D eigenvalue weighted by Gasteiger charge is 2.31. The molecule has 0 amide bonds. The van der Waals surface area contributed by atoms with E-state index in [1.165, 1.54) is 0 Å². The Morgan fingerprint density at radius 2 is 2.14 bits per heavy atom. The van der Waals surface area contributed by atoms with Gasteiger partial charge in [0.2, 0.25) is 5.88 Å². The fourth-order valence-electron chi connectivity index (χ4n) is 2.40. The third-order valence-corrected chi connectivity index (χ3v) is 4.12. The first-order valence-electron chi connectivity index (χ1n) is 8.89. The van der Waals surface area contributed by atoms with Crippen molar-refractivity contribution in [1.82, 2.24) is 15.6 Å². The van der Waals surface area contributed by atoms with E-state index in [1.54, 1.807) is 7.05 Å². The smallest absolute Gasteiger partial charge is 0.417 e. The van der Waals surface area contributed by atoms with E-state index >= 15 is 0 Å². The van der Waals surface area contributed by atoms with E-state index in [2.05, 4.69) is 20.6 Å². The number of nitrogens with zero attached hydrogens (tertiary/aromatic N) is 2. The molecule has 1 aromatic heterocycles. The highest BCUT2D eigenvalue weighted by atomic mass is 35.5. The monoisotopic (exact) mass is 424 g/mol. The molecule has 7 nitrogen and oxygen atoms in total. The van der Waals surface area contributed by atoms with E-state index in [9.17, 15) is 13.2 Å². The van der Waals surface area contributed by atoms with Gasteiger partial charge in [-0.05, 0) is 18.9 Å². The fraction of sp³-hybridized carbons (Fsp3) is 0.647.